The van der Waals surface area contributed by atoms with Gasteiger partial charge in [-0.3, -0.25) is 14.3 Å². The van der Waals surface area contributed by atoms with Crippen LogP contribution < -0.4 is 11.0 Å². The zero-order valence-corrected chi connectivity index (χ0v) is 20.4. The lowest BCUT2D eigenvalue weighted by Gasteiger charge is -2.22. The van der Waals surface area contributed by atoms with Crippen LogP contribution in [0.1, 0.15) is 61.2 Å². The summed E-state index contributed by atoms with van der Waals surface area (Å²) in [4.78, 5) is 31.7. The maximum absolute atomic E-state index is 12.8. The molecule has 1 aliphatic carbocycles. The number of hydrogen-bond acceptors (Lipinski definition) is 5. The normalized spacial score (nSPS) is 12.7. The van der Waals surface area contributed by atoms with Gasteiger partial charge in [0.05, 0.1) is 0 Å². The molecule has 176 valence electrons. The smallest absolute Gasteiger partial charge is 0.326 e. The SMILES string of the molecule is CNC(=O)c1coc(Cn2cc(C3c4ccc(C)cc4C=Cc4cc(C)ccc43)c(=S)[nH]c2=O)n1. The van der Waals surface area contributed by atoms with Gasteiger partial charge in [-0.2, -0.15) is 0 Å². The minimum absolute atomic E-state index is 0.0570. The molecule has 0 bridgehead atoms. The van der Waals surface area contributed by atoms with E-state index in [4.69, 9.17) is 16.6 Å². The number of nitrogens with zero attached hydrogens (tertiary/aromatic N) is 2. The molecule has 0 spiro atoms. The van der Waals surface area contributed by atoms with Crippen LogP contribution in [0.3, 0.4) is 0 Å². The molecular formula is C27H24N4O3S. The van der Waals surface area contributed by atoms with Gasteiger partial charge < -0.3 is 9.73 Å². The summed E-state index contributed by atoms with van der Waals surface area (Å²) in [6.45, 7) is 4.20. The first-order valence-corrected chi connectivity index (χ1v) is 11.6. The maximum atomic E-state index is 12.8. The van der Waals surface area contributed by atoms with Crippen molar-refractivity contribution < 1.29 is 9.21 Å². The lowest BCUT2D eigenvalue weighted by atomic mass is 9.83. The van der Waals surface area contributed by atoms with Crippen LogP contribution in [0.4, 0.5) is 0 Å². The molecule has 35 heavy (non-hydrogen) atoms. The number of hydrogen-bond donors (Lipinski definition) is 2. The number of carbonyl (C=O) groups excluding carboxylic acids is 1. The van der Waals surface area contributed by atoms with Crippen molar-refractivity contribution in [2.45, 2.75) is 26.3 Å². The molecule has 1 amide bonds. The summed E-state index contributed by atoms with van der Waals surface area (Å²) in [5, 5.41) is 2.51. The van der Waals surface area contributed by atoms with Gasteiger partial charge >= 0.3 is 5.69 Å². The van der Waals surface area contributed by atoms with Gasteiger partial charge in [0.15, 0.2) is 5.69 Å². The van der Waals surface area contributed by atoms with Crippen LogP contribution in [0, 0.1) is 18.5 Å². The zero-order chi connectivity index (χ0) is 24.7. The van der Waals surface area contributed by atoms with E-state index in [0.717, 1.165) is 27.8 Å². The molecule has 7 nitrogen and oxygen atoms in total. The summed E-state index contributed by atoms with van der Waals surface area (Å²) in [7, 11) is 1.52. The number of benzene rings is 2. The molecule has 2 aromatic heterocycles. The van der Waals surface area contributed by atoms with Crippen molar-refractivity contribution in [1.82, 2.24) is 19.9 Å². The Morgan fingerprint density at radius 2 is 1.71 bits per heavy atom. The molecule has 5 rings (SSSR count). The lowest BCUT2D eigenvalue weighted by Crippen LogP contribution is -2.25. The Bertz CT molecular complexity index is 1550. The van der Waals surface area contributed by atoms with E-state index < -0.39 is 0 Å². The Labute approximate surface area is 207 Å². The van der Waals surface area contributed by atoms with Crippen LogP contribution in [0.2, 0.25) is 0 Å². The lowest BCUT2D eigenvalue weighted by molar-refractivity contribution is 0.0958. The minimum atomic E-state index is -0.376. The number of oxazole rings is 1. The van der Waals surface area contributed by atoms with Gasteiger partial charge in [-0.25, -0.2) is 9.78 Å². The van der Waals surface area contributed by atoms with Crippen LogP contribution in [0.5, 0.6) is 0 Å². The molecule has 0 saturated heterocycles. The molecule has 1 aliphatic rings. The van der Waals surface area contributed by atoms with Gasteiger partial charge in [-0.15, -0.1) is 0 Å². The Balaban J connectivity index is 1.66. The largest absolute Gasteiger partial charge is 0.446 e. The molecule has 0 unspecified atom stereocenters. The summed E-state index contributed by atoms with van der Waals surface area (Å²) in [5.74, 6) is -0.292. The fourth-order valence-corrected chi connectivity index (χ4v) is 4.75. The van der Waals surface area contributed by atoms with Gasteiger partial charge in [0.2, 0.25) is 5.89 Å². The molecule has 0 fully saturated rings. The molecule has 4 aromatic rings. The first kappa shape index (κ1) is 22.7. The van der Waals surface area contributed by atoms with Crippen LogP contribution in [0.25, 0.3) is 12.2 Å². The Morgan fingerprint density at radius 1 is 1.09 bits per heavy atom. The predicted octanol–water partition coefficient (Wildman–Crippen LogP) is 4.58. The Morgan fingerprint density at radius 3 is 2.31 bits per heavy atom. The minimum Gasteiger partial charge on any atom is -0.446 e. The monoisotopic (exact) mass is 484 g/mol. The Hall–Kier alpha value is -4.04. The van der Waals surface area contributed by atoms with Crippen molar-refractivity contribution in [3.8, 4) is 0 Å². The molecule has 0 aliphatic heterocycles. The highest BCUT2D eigenvalue weighted by Crippen LogP contribution is 2.39. The van der Waals surface area contributed by atoms with E-state index in [1.165, 1.54) is 29.0 Å². The number of H-pyrrole nitrogens is 1. The van der Waals surface area contributed by atoms with Gasteiger partial charge in [0, 0.05) is 24.7 Å². The van der Waals surface area contributed by atoms with Gasteiger partial charge in [0.1, 0.15) is 17.4 Å². The molecule has 0 saturated carbocycles. The molecule has 2 heterocycles. The fourth-order valence-electron chi connectivity index (χ4n) is 4.50. The topological polar surface area (TPSA) is 92.9 Å². The summed E-state index contributed by atoms with van der Waals surface area (Å²) in [6.07, 6.45) is 7.32. The molecule has 8 heteroatoms. The molecule has 2 N–H and O–H groups in total. The number of fused-ring (bicyclic) bond motifs is 2. The van der Waals surface area contributed by atoms with Crippen LogP contribution >= 0.6 is 12.2 Å². The second-order valence-corrected chi connectivity index (χ2v) is 9.12. The third-order valence-corrected chi connectivity index (χ3v) is 6.55. The summed E-state index contributed by atoms with van der Waals surface area (Å²) < 4.78 is 7.30. The number of aryl methyl sites for hydroxylation is 2. The van der Waals surface area contributed by atoms with Gasteiger partial charge in [0.25, 0.3) is 5.91 Å². The van der Waals surface area contributed by atoms with Crippen molar-refractivity contribution in [2.24, 2.45) is 0 Å². The summed E-state index contributed by atoms with van der Waals surface area (Å²) in [5.41, 5.74) is 7.35. The average molecular weight is 485 g/mol. The second-order valence-electron chi connectivity index (χ2n) is 8.71. The van der Waals surface area contributed by atoms with Crippen molar-refractivity contribution >= 4 is 30.3 Å². The second kappa shape index (κ2) is 8.96. The fraction of sp³-hybridized carbons (Fsp3) is 0.185. The zero-order valence-electron chi connectivity index (χ0n) is 19.6. The number of aromatic nitrogens is 3. The van der Waals surface area contributed by atoms with E-state index in [0.29, 0.717) is 4.64 Å². The van der Waals surface area contributed by atoms with Crippen molar-refractivity contribution in [2.75, 3.05) is 7.05 Å². The van der Waals surface area contributed by atoms with Gasteiger partial charge in [-0.05, 0) is 36.1 Å². The van der Waals surface area contributed by atoms with Crippen molar-refractivity contribution in [3.63, 3.8) is 0 Å². The third kappa shape index (κ3) is 4.28. The van der Waals surface area contributed by atoms with Crippen LogP contribution in [0.15, 0.2) is 58.1 Å². The quantitative estimate of drug-likeness (QED) is 0.364. The van der Waals surface area contributed by atoms with Gasteiger partial charge in [-0.1, -0.05) is 71.9 Å². The first-order chi connectivity index (χ1) is 16.8. The number of aromatic amines is 1. The first-order valence-electron chi connectivity index (χ1n) is 11.2. The van der Waals surface area contributed by atoms with E-state index in [-0.39, 0.29) is 35.6 Å². The molecule has 0 radical (unpaired) electrons. The maximum Gasteiger partial charge on any atom is 0.326 e. The standard InChI is InChI=1S/C27H24N4O3S/c1-15-4-8-19-17(10-15)6-7-18-11-16(2)5-9-20(18)24(19)21-12-31(27(33)30-26(21)35)13-23-29-22(14-34-23)25(32)28-3/h4-12,14,24H,13H2,1-3H3,(H,28,32)(H,30,33,35). The predicted molar refractivity (Wildman–Crippen MR) is 137 cm³/mol. The molecular weight excluding hydrogens is 460 g/mol. The van der Waals surface area contributed by atoms with Crippen molar-refractivity contribution in [1.29, 1.82) is 0 Å². The third-order valence-electron chi connectivity index (χ3n) is 6.22. The number of carbonyl (C=O) groups is 1. The molecule has 0 atom stereocenters. The molecule has 2 aromatic carbocycles. The summed E-state index contributed by atoms with van der Waals surface area (Å²) in [6, 6.07) is 12.8. The number of nitrogens with one attached hydrogen (secondary N) is 2. The van der Waals surface area contributed by atoms with E-state index in [2.05, 4.69) is 77.7 Å². The highest BCUT2D eigenvalue weighted by molar-refractivity contribution is 7.71. The van der Waals surface area contributed by atoms with E-state index in [1.54, 1.807) is 6.20 Å². The van der Waals surface area contributed by atoms with E-state index >= 15 is 0 Å². The average Bonchev–Trinajstić information content (AvgIpc) is 3.24. The van der Waals surface area contributed by atoms with E-state index in [9.17, 15) is 9.59 Å². The van der Waals surface area contributed by atoms with Crippen LogP contribution in [-0.2, 0) is 6.54 Å². The van der Waals surface area contributed by atoms with E-state index in [1.807, 2.05) is 0 Å². The highest BCUT2D eigenvalue weighted by atomic mass is 32.1. The number of rotatable bonds is 4. The summed E-state index contributed by atoms with van der Waals surface area (Å²) >= 11 is 5.67. The number of amides is 1. The van der Waals surface area contributed by atoms with Crippen LogP contribution in [-0.4, -0.2) is 27.5 Å². The highest BCUT2D eigenvalue weighted by Gasteiger charge is 2.26. The van der Waals surface area contributed by atoms with Crippen molar-refractivity contribution in [3.05, 3.63) is 115 Å². The Kier molecular flexibility index (Phi) is 5.82.